The normalized spacial score (nSPS) is 10.8. The molecule has 0 aromatic heterocycles. The molecule has 0 N–H and O–H groups in total. The number of rotatable bonds is 4. The molecule has 100 valence electrons. The van der Waals surface area contributed by atoms with Crippen LogP contribution in [0.5, 0.6) is 5.75 Å². The summed E-state index contributed by atoms with van der Waals surface area (Å²) in [5, 5.41) is 0. The average molecular weight is 258 g/mol. The van der Waals surface area contributed by atoms with Crippen LogP contribution in [0, 0.1) is 18.7 Å². The molecule has 0 unspecified atom stereocenters. The lowest BCUT2D eigenvalue weighted by atomic mass is 10.0. The van der Waals surface area contributed by atoms with E-state index in [0.717, 1.165) is 16.7 Å². The Hall–Kier alpha value is -1.83. The standard InChI is InChI=1S/C17H19FO/c1-12(2)11-19-17-9-15(8-16(18)10-17)14-6-4-5-13(3)7-14/h4-10,12H,11H2,1-3H3. The van der Waals surface area contributed by atoms with Crippen LogP contribution in [0.3, 0.4) is 0 Å². The predicted octanol–water partition coefficient (Wildman–Crippen LogP) is 4.84. The summed E-state index contributed by atoms with van der Waals surface area (Å²) in [6, 6.07) is 12.9. The van der Waals surface area contributed by atoms with Gasteiger partial charge in [0.1, 0.15) is 11.6 Å². The molecule has 2 rings (SSSR count). The lowest BCUT2D eigenvalue weighted by Gasteiger charge is -2.11. The molecule has 0 saturated carbocycles. The van der Waals surface area contributed by atoms with Crippen LogP contribution in [0.15, 0.2) is 42.5 Å². The third-order valence-electron chi connectivity index (χ3n) is 2.81. The molecule has 0 saturated heterocycles. The first-order valence-electron chi connectivity index (χ1n) is 6.55. The fourth-order valence-electron chi connectivity index (χ4n) is 1.90. The van der Waals surface area contributed by atoms with Crippen LogP contribution in [0.25, 0.3) is 11.1 Å². The fourth-order valence-corrected chi connectivity index (χ4v) is 1.90. The maximum atomic E-state index is 13.7. The molecule has 2 aromatic rings. The van der Waals surface area contributed by atoms with E-state index in [2.05, 4.69) is 13.8 Å². The second kappa shape index (κ2) is 5.87. The zero-order chi connectivity index (χ0) is 13.8. The van der Waals surface area contributed by atoms with Gasteiger partial charge in [-0.2, -0.15) is 0 Å². The molecule has 19 heavy (non-hydrogen) atoms. The van der Waals surface area contributed by atoms with Gasteiger partial charge >= 0.3 is 0 Å². The van der Waals surface area contributed by atoms with Crippen molar-refractivity contribution in [2.45, 2.75) is 20.8 Å². The molecule has 0 bridgehead atoms. The summed E-state index contributed by atoms with van der Waals surface area (Å²) in [6.45, 7) is 6.76. The van der Waals surface area contributed by atoms with Crippen LogP contribution < -0.4 is 4.74 Å². The maximum Gasteiger partial charge on any atom is 0.127 e. The Kier molecular flexibility index (Phi) is 4.20. The largest absolute Gasteiger partial charge is 0.493 e. The first kappa shape index (κ1) is 13.6. The van der Waals surface area contributed by atoms with E-state index in [0.29, 0.717) is 18.3 Å². The van der Waals surface area contributed by atoms with Crippen molar-refractivity contribution in [2.75, 3.05) is 6.61 Å². The van der Waals surface area contributed by atoms with E-state index in [4.69, 9.17) is 4.74 Å². The van der Waals surface area contributed by atoms with E-state index in [1.165, 1.54) is 12.1 Å². The first-order chi connectivity index (χ1) is 9.04. The van der Waals surface area contributed by atoms with Crippen molar-refractivity contribution in [2.24, 2.45) is 5.92 Å². The van der Waals surface area contributed by atoms with Crippen molar-refractivity contribution in [3.8, 4) is 16.9 Å². The van der Waals surface area contributed by atoms with Crippen LogP contribution in [-0.2, 0) is 0 Å². The second-order valence-electron chi connectivity index (χ2n) is 5.25. The van der Waals surface area contributed by atoms with Gasteiger partial charge in [-0.05, 0) is 36.1 Å². The van der Waals surface area contributed by atoms with Gasteiger partial charge in [0.2, 0.25) is 0 Å². The van der Waals surface area contributed by atoms with Crippen LogP contribution in [0.1, 0.15) is 19.4 Å². The van der Waals surface area contributed by atoms with E-state index in [9.17, 15) is 4.39 Å². The van der Waals surface area contributed by atoms with Crippen molar-refractivity contribution in [1.29, 1.82) is 0 Å². The quantitative estimate of drug-likeness (QED) is 0.762. The van der Waals surface area contributed by atoms with Gasteiger partial charge in [0.25, 0.3) is 0 Å². The molecule has 0 aliphatic rings. The summed E-state index contributed by atoms with van der Waals surface area (Å²) in [5.74, 6) is 0.744. The molecule has 0 heterocycles. The summed E-state index contributed by atoms with van der Waals surface area (Å²) in [7, 11) is 0. The van der Waals surface area contributed by atoms with Crippen molar-refractivity contribution in [3.05, 3.63) is 53.8 Å². The monoisotopic (exact) mass is 258 g/mol. The SMILES string of the molecule is Cc1cccc(-c2cc(F)cc(OCC(C)C)c2)c1. The Bertz CT molecular complexity index is 561. The number of aryl methyl sites for hydroxylation is 1. The third kappa shape index (κ3) is 3.82. The van der Waals surface area contributed by atoms with E-state index < -0.39 is 0 Å². The molecule has 0 amide bonds. The molecule has 0 radical (unpaired) electrons. The van der Waals surface area contributed by atoms with Gasteiger partial charge in [-0.3, -0.25) is 0 Å². The Morgan fingerprint density at radius 1 is 1.05 bits per heavy atom. The predicted molar refractivity (Wildman–Crippen MR) is 76.9 cm³/mol. The van der Waals surface area contributed by atoms with E-state index >= 15 is 0 Å². The molecule has 0 spiro atoms. The Morgan fingerprint density at radius 2 is 1.84 bits per heavy atom. The molecule has 0 aliphatic heterocycles. The van der Waals surface area contributed by atoms with Gasteiger partial charge in [-0.1, -0.05) is 43.7 Å². The first-order valence-corrected chi connectivity index (χ1v) is 6.55. The Labute approximate surface area is 114 Å². The minimum atomic E-state index is -0.266. The number of halogens is 1. The van der Waals surface area contributed by atoms with Gasteiger partial charge < -0.3 is 4.74 Å². The zero-order valence-corrected chi connectivity index (χ0v) is 11.6. The molecule has 0 aliphatic carbocycles. The van der Waals surface area contributed by atoms with Crippen LogP contribution in [0.4, 0.5) is 4.39 Å². The fraction of sp³-hybridized carbons (Fsp3) is 0.294. The number of hydrogen-bond donors (Lipinski definition) is 0. The molecular weight excluding hydrogens is 239 g/mol. The van der Waals surface area contributed by atoms with Crippen LogP contribution >= 0.6 is 0 Å². The zero-order valence-electron chi connectivity index (χ0n) is 11.6. The number of ether oxygens (including phenoxy) is 1. The summed E-state index contributed by atoms with van der Waals surface area (Å²) >= 11 is 0. The minimum Gasteiger partial charge on any atom is -0.493 e. The number of benzene rings is 2. The molecule has 0 fully saturated rings. The minimum absolute atomic E-state index is 0.266. The highest BCUT2D eigenvalue weighted by molar-refractivity contribution is 5.65. The van der Waals surface area contributed by atoms with Gasteiger partial charge in [0, 0.05) is 6.07 Å². The Morgan fingerprint density at radius 3 is 2.53 bits per heavy atom. The highest BCUT2D eigenvalue weighted by Crippen LogP contribution is 2.26. The van der Waals surface area contributed by atoms with Crippen LogP contribution in [0.2, 0.25) is 0 Å². The summed E-state index contributed by atoms with van der Waals surface area (Å²) in [5.41, 5.74) is 3.02. The van der Waals surface area contributed by atoms with Crippen LogP contribution in [-0.4, -0.2) is 6.61 Å². The lowest BCUT2D eigenvalue weighted by Crippen LogP contribution is -2.04. The topological polar surface area (TPSA) is 9.23 Å². The second-order valence-corrected chi connectivity index (χ2v) is 5.25. The summed E-state index contributed by atoms with van der Waals surface area (Å²) < 4.78 is 19.3. The van der Waals surface area contributed by atoms with Gasteiger partial charge in [0.05, 0.1) is 6.61 Å². The van der Waals surface area contributed by atoms with Crippen molar-refractivity contribution in [1.82, 2.24) is 0 Å². The highest BCUT2D eigenvalue weighted by atomic mass is 19.1. The van der Waals surface area contributed by atoms with Gasteiger partial charge in [0.15, 0.2) is 0 Å². The van der Waals surface area contributed by atoms with Crippen molar-refractivity contribution >= 4 is 0 Å². The van der Waals surface area contributed by atoms with Gasteiger partial charge in [-0.15, -0.1) is 0 Å². The average Bonchev–Trinajstić information content (AvgIpc) is 2.36. The molecule has 2 aromatic carbocycles. The van der Waals surface area contributed by atoms with E-state index in [1.807, 2.05) is 37.3 Å². The van der Waals surface area contributed by atoms with Gasteiger partial charge in [-0.25, -0.2) is 4.39 Å². The highest BCUT2D eigenvalue weighted by Gasteiger charge is 2.05. The number of hydrogen-bond acceptors (Lipinski definition) is 1. The van der Waals surface area contributed by atoms with Crippen molar-refractivity contribution in [3.63, 3.8) is 0 Å². The smallest absolute Gasteiger partial charge is 0.127 e. The van der Waals surface area contributed by atoms with E-state index in [1.54, 1.807) is 0 Å². The summed E-state index contributed by atoms with van der Waals surface area (Å²) in [6.07, 6.45) is 0. The third-order valence-corrected chi connectivity index (χ3v) is 2.81. The Balaban J connectivity index is 2.31. The molecule has 2 heteroatoms. The summed E-state index contributed by atoms with van der Waals surface area (Å²) in [4.78, 5) is 0. The molecule has 0 atom stereocenters. The molecule has 1 nitrogen and oxygen atoms in total. The van der Waals surface area contributed by atoms with E-state index in [-0.39, 0.29) is 5.82 Å². The maximum absolute atomic E-state index is 13.7. The molecular formula is C17H19FO. The van der Waals surface area contributed by atoms with Crippen molar-refractivity contribution < 1.29 is 9.13 Å². The lowest BCUT2D eigenvalue weighted by molar-refractivity contribution is 0.270.